The van der Waals surface area contributed by atoms with E-state index in [1.54, 1.807) is 0 Å². The van der Waals surface area contributed by atoms with Gasteiger partial charge in [-0.2, -0.15) is 0 Å². The molecule has 0 atom stereocenters. The zero-order valence-electron chi connectivity index (χ0n) is 36.3. The fraction of sp³-hybridized carbons (Fsp3) is 0. The van der Waals surface area contributed by atoms with E-state index in [1.165, 1.54) is 82.6 Å². The van der Waals surface area contributed by atoms with Crippen molar-refractivity contribution >= 4 is 49.6 Å². The van der Waals surface area contributed by atoms with E-state index >= 15 is 0 Å². The van der Waals surface area contributed by atoms with Gasteiger partial charge in [0.25, 0.3) is 0 Å². The van der Waals surface area contributed by atoms with Gasteiger partial charge in [0.1, 0.15) is 0 Å². The summed E-state index contributed by atoms with van der Waals surface area (Å²) >= 11 is 0. The first-order valence-electron chi connectivity index (χ1n) is 22.7. The third-order valence-electron chi connectivity index (χ3n) is 13.0. The number of fused-ring (bicyclic) bond motifs is 4. The molecule has 11 aromatic carbocycles. The zero-order valence-corrected chi connectivity index (χ0v) is 36.3. The molecule has 12 aromatic rings. The number of nitrogens with zero attached hydrogens (tertiary/aromatic N) is 2. The van der Waals surface area contributed by atoms with Crippen LogP contribution < -0.4 is 4.90 Å². The monoisotopic (exact) mass is 840 g/mol. The van der Waals surface area contributed by atoms with E-state index in [2.05, 4.69) is 276 Å². The van der Waals surface area contributed by atoms with Crippen molar-refractivity contribution in [3.05, 3.63) is 267 Å². The summed E-state index contributed by atoms with van der Waals surface area (Å²) in [5.74, 6) is 0. The molecular weight excluding hydrogens is 797 g/mol. The molecule has 0 aliphatic heterocycles. The third kappa shape index (κ3) is 7.02. The Kier molecular flexibility index (Phi) is 9.89. The summed E-state index contributed by atoms with van der Waals surface area (Å²) in [5, 5.41) is 5.00. The second-order valence-corrected chi connectivity index (χ2v) is 16.9. The first-order valence-corrected chi connectivity index (χ1v) is 22.7. The minimum absolute atomic E-state index is 1.08. The summed E-state index contributed by atoms with van der Waals surface area (Å²) in [6.07, 6.45) is 0. The Labute approximate surface area is 385 Å². The minimum atomic E-state index is 1.08. The first kappa shape index (κ1) is 38.9. The lowest BCUT2D eigenvalue weighted by atomic mass is 9.91. The van der Waals surface area contributed by atoms with Crippen LogP contribution in [0.3, 0.4) is 0 Å². The number of hydrogen-bond acceptors (Lipinski definition) is 1. The fourth-order valence-electron chi connectivity index (χ4n) is 9.87. The maximum absolute atomic E-state index is 2.41. The molecule has 0 saturated heterocycles. The Hall–Kier alpha value is -8.72. The van der Waals surface area contributed by atoms with Crippen LogP contribution in [-0.4, -0.2) is 4.57 Å². The molecule has 0 fully saturated rings. The second-order valence-electron chi connectivity index (χ2n) is 16.9. The molecule has 0 N–H and O–H groups in total. The van der Waals surface area contributed by atoms with Gasteiger partial charge in [0.15, 0.2) is 0 Å². The molecule has 2 nitrogen and oxygen atoms in total. The molecule has 1 aromatic heterocycles. The van der Waals surface area contributed by atoms with E-state index in [0.29, 0.717) is 0 Å². The molecule has 0 amide bonds. The van der Waals surface area contributed by atoms with Crippen molar-refractivity contribution in [1.82, 2.24) is 4.57 Å². The van der Waals surface area contributed by atoms with Crippen LogP contribution in [0.2, 0.25) is 0 Å². The maximum Gasteiger partial charge on any atom is 0.0547 e. The fourth-order valence-corrected chi connectivity index (χ4v) is 9.87. The summed E-state index contributed by atoms with van der Waals surface area (Å²) in [4.78, 5) is 2.41. The van der Waals surface area contributed by atoms with E-state index in [9.17, 15) is 0 Å². The van der Waals surface area contributed by atoms with Crippen LogP contribution >= 0.6 is 0 Å². The molecule has 0 aliphatic carbocycles. The highest BCUT2D eigenvalue weighted by Crippen LogP contribution is 2.45. The van der Waals surface area contributed by atoms with Crippen LogP contribution in [0.4, 0.5) is 17.1 Å². The molecule has 1 heterocycles. The highest BCUT2D eigenvalue weighted by Gasteiger charge is 2.21. The Morgan fingerprint density at radius 1 is 0.273 bits per heavy atom. The van der Waals surface area contributed by atoms with Gasteiger partial charge in [-0.25, -0.2) is 0 Å². The second kappa shape index (κ2) is 16.8. The van der Waals surface area contributed by atoms with Gasteiger partial charge in [-0.05, 0) is 122 Å². The third-order valence-corrected chi connectivity index (χ3v) is 13.0. The lowest BCUT2D eigenvalue weighted by Crippen LogP contribution is -2.11. The number of rotatable bonds is 9. The molecule has 0 aliphatic rings. The van der Waals surface area contributed by atoms with Gasteiger partial charge in [0, 0.05) is 33.4 Å². The van der Waals surface area contributed by atoms with E-state index in [1.807, 2.05) is 0 Å². The molecule has 0 unspecified atom stereocenters. The number of anilines is 3. The smallest absolute Gasteiger partial charge is 0.0547 e. The van der Waals surface area contributed by atoms with Gasteiger partial charge in [0.2, 0.25) is 0 Å². The van der Waals surface area contributed by atoms with Crippen molar-refractivity contribution < 1.29 is 0 Å². The molecule has 0 bridgehead atoms. The van der Waals surface area contributed by atoms with E-state index in [0.717, 1.165) is 28.3 Å². The average Bonchev–Trinajstić information content (AvgIpc) is 3.74. The maximum atomic E-state index is 2.41. The van der Waals surface area contributed by atoms with Crippen molar-refractivity contribution in [1.29, 1.82) is 0 Å². The topological polar surface area (TPSA) is 8.17 Å². The number of aromatic nitrogens is 1. The van der Waals surface area contributed by atoms with E-state index in [4.69, 9.17) is 0 Å². The van der Waals surface area contributed by atoms with Gasteiger partial charge in [0.05, 0.1) is 16.7 Å². The summed E-state index contributed by atoms with van der Waals surface area (Å²) in [5.41, 5.74) is 18.7. The van der Waals surface area contributed by atoms with Crippen molar-refractivity contribution in [3.63, 3.8) is 0 Å². The number of hydrogen-bond donors (Lipinski definition) is 0. The van der Waals surface area contributed by atoms with Crippen molar-refractivity contribution in [2.24, 2.45) is 0 Å². The Balaban J connectivity index is 0.960. The number of para-hydroxylation sites is 3. The molecule has 0 spiro atoms. The van der Waals surface area contributed by atoms with Crippen molar-refractivity contribution in [3.8, 4) is 61.3 Å². The van der Waals surface area contributed by atoms with E-state index in [-0.39, 0.29) is 0 Å². The lowest BCUT2D eigenvalue weighted by molar-refractivity contribution is 1.18. The van der Waals surface area contributed by atoms with Gasteiger partial charge in [-0.3, -0.25) is 0 Å². The molecular formula is C64H44N2. The number of benzene rings is 11. The zero-order chi connectivity index (χ0) is 43.8. The van der Waals surface area contributed by atoms with E-state index < -0.39 is 0 Å². The molecule has 66 heavy (non-hydrogen) atoms. The SMILES string of the molecule is c1ccc(-c2ccccc2N(c2ccc(-c3ccc(-c4ccc5ccccc5c4)cc3)cc2)c2cccc(-c3ccccc3-c3cccc4c3c3ccccc3n4-c3ccccc3)c2)cc1. The predicted molar refractivity (Wildman–Crippen MR) is 280 cm³/mol. The van der Waals surface area contributed by atoms with Crippen molar-refractivity contribution in [2.75, 3.05) is 4.90 Å². The largest absolute Gasteiger partial charge is 0.310 e. The Bertz CT molecular complexity index is 3680. The summed E-state index contributed by atoms with van der Waals surface area (Å²) < 4.78 is 2.39. The molecule has 0 radical (unpaired) electrons. The predicted octanol–water partition coefficient (Wildman–Crippen LogP) is 17.7. The van der Waals surface area contributed by atoms with Crippen LogP contribution in [0.25, 0.3) is 93.9 Å². The van der Waals surface area contributed by atoms with Crippen LogP contribution in [0.5, 0.6) is 0 Å². The summed E-state index contributed by atoms with van der Waals surface area (Å²) in [6, 6.07) is 96.8. The highest BCUT2D eigenvalue weighted by atomic mass is 15.1. The highest BCUT2D eigenvalue weighted by molar-refractivity contribution is 6.16. The van der Waals surface area contributed by atoms with Crippen LogP contribution in [0.15, 0.2) is 267 Å². The molecule has 0 saturated carbocycles. The average molecular weight is 841 g/mol. The van der Waals surface area contributed by atoms with Gasteiger partial charge in [-0.15, -0.1) is 0 Å². The quantitative estimate of drug-likeness (QED) is 0.141. The van der Waals surface area contributed by atoms with Crippen molar-refractivity contribution in [2.45, 2.75) is 0 Å². The molecule has 2 heteroatoms. The van der Waals surface area contributed by atoms with Gasteiger partial charge < -0.3 is 9.47 Å². The Morgan fingerprint density at radius 2 is 0.818 bits per heavy atom. The molecule has 310 valence electrons. The minimum Gasteiger partial charge on any atom is -0.310 e. The summed E-state index contributed by atoms with van der Waals surface area (Å²) in [7, 11) is 0. The van der Waals surface area contributed by atoms with Crippen LogP contribution in [-0.2, 0) is 0 Å². The Morgan fingerprint density at radius 3 is 1.61 bits per heavy atom. The van der Waals surface area contributed by atoms with Gasteiger partial charge in [-0.1, -0.05) is 206 Å². The first-order chi connectivity index (χ1) is 32.7. The van der Waals surface area contributed by atoms with Crippen LogP contribution in [0.1, 0.15) is 0 Å². The standard InChI is InChI=1S/C64H44N2/c1-3-18-49(19-4-1)57-26-11-13-30-61(57)65(54-41-39-47(40-42-54)46-33-35-48(36-34-46)51-38-37-45-17-7-8-20-50(45)43-51)55-24-15-21-52(44-55)56-25-9-10-27-58(56)59-29-16-32-63-64(59)60-28-12-14-31-62(60)66(63)53-22-5-2-6-23-53/h1-44H. The lowest BCUT2D eigenvalue weighted by Gasteiger charge is -2.28. The van der Waals surface area contributed by atoms with Gasteiger partial charge >= 0.3 is 0 Å². The molecule has 12 rings (SSSR count). The normalized spacial score (nSPS) is 11.3. The summed E-state index contributed by atoms with van der Waals surface area (Å²) in [6.45, 7) is 0. The van der Waals surface area contributed by atoms with Crippen LogP contribution in [0, 0.1) is 0 Å².